The molecule has 1 aliphatic heterocycles. The lowest BCUT2D eigenvalue weighted by atomic mass is 10.1. The highest BCUT2D eigenvalue weighted by molar-refractivity contribution is 5.94. The lowest BCUT2D eigenvalue weighted by Crippen LogP contribution is -2.51. The van der Waals surface area contributed by atoms with Gasteiger partial charge in [-0.3, -0.25) is 9.59 Å². The first-order chi connectivity index (χ1) is 13.5. The van der Waals surface area contributed by atoms with E-state index in [0.29, 0.717) is 37.7 Å². The molecule has 0 atom stereocenters. The molecule has 0 spiro atoms. The maximum atomic E-state index is 14.1. The predicted octanol–water partition coefficient (Wildman–Crippen LogP) is 2.37. The lowest BCUT2D eigenvalue weighted by Gasteiger charge is -2.35. The van der Waals surface area contributed by atoms with Crippen molar-refractivity contribution < 1.29 is 23.5 Å². The van der Waals surface area contributed by atoms with Crippen molar-refractivity contribution in [3.8, 4) is 11.5 Å². The monoisotopic (exact) mass is 386 g/mol. The van der Waals surface area contributed by atoms with Gasteiger partial charge in [0.25, 0.3) is 5.91 Å². The summed E-state index contributed by atoms with van der Waals surface area (Å²) in [5.41, 5.74) is 0.889. The van der Waals surface area contributed by atoms with Gasteiger partial charge in [0.1, 0.15) is 17.3 Å². The number of benzene rings is 2. The van der Waals surface area contributed by atoms with Crippen LogP contribution >= 0.6 is 0 Å². The predicted molar refractivity (Wildman–Crippen MR) is 102 cm³/mol. The Morgan fingerprint density at radius 1 is 0.929 bits per heavy atom. The van der Waals surface area contributed by atoms with Crippen LogP contribution in [0.1, 0.15) is 15.9 Å². The first-order valence-corrected chi connectivity index (χ1v) is 9.05. The molecule has 1 fully saturated rings. The molecule has 1 aliphatic rings. The van der Waals surface area contributed by atoms with Crippen molar-refractivity contribution >= 4 is 11.8 Å². The molecule has 148 valence electrons. The van der Waals surface area contributed by atoms with Crippen molar-refractivity contribution in [2.45, 2.75) is 6.42 Å². The summed E-state index contributed by atoms with van der Waals surface area (Å²) in [4.78, 5) is 28.4. The average Bonchev–Trinajstić information content (AvgIpc) is 2.73. The summed E-state index contributed by atoms with van der Waals surface area (Å²) in [7, 11) is 3.03. The number of carbonyl (C=O) groups excluding carboxylic acids is 2. The Bertz CT molecular complexity index is 863. The number of nitrogens with zero attached hydrogens (tertiary/aromatic N) is 2. The van der Waals surface area contributed by atoms with Crippen molar-refractivity contribution in [1.29, 1.82) is 0 Å². The number of hydrogen-bond donors (Lipinski definition) is 0. The third kappa shape index (κ3) is 4.42. The molecule has 6 nitrogen and oxygen atoms in total. The standard InChI is InChI=1S/C21H23FN2O4/c1-27-16-5-3-4-15(12-16)13-20(25)23-8-10-24(11-9-23)21(26)18-7-6-17(28-2)14-19(18)22/h3-7,12,14H,8-11,13H2,1-2H3. The molecule has 7 heteroatoms. The highest BCUT2D eigenvalue weighted by atomic mass is 19.1. The number of halogens is 1. The Hall–Kier alpha value is -3.09. The van der Waals surface area contributed by atoms with Crippen LogP contribution in [0.3, 0.4) is 0 Å². The second-order valence-electron chi connectivity index (χ2n) is 6.55. The van der Waals surface area contributed by atoms with Crippen LogP contribution in [0.25, 0.3) is 0 Å². The number of carbonyl (C=O) groups is 2. The van der Waals surface area contributed by atoms with Crippen molar-refractivity contribution in [2.24, 2.45) is 0 Å². The van der Waals surface area contributed by atoms with Crippen molar-refractivity contribution in [1.82, 2.24) is 9.80 Å². The minimum absolute atomic E-state index is 0.00372. The van der Waals surface area contributed by atoms with Crippen LogP contribution in [0.4, 0.5) is 4.39 Å². The van der Waals surface area contributed by atoms with E-state index in [1.54, 1.807) is 23.0 Å². The molecule has 2 amide bonds. The summed E-state index contributed by atoms with van der Waals surface area (Å²) in [6, 6.07) is 11.6. The summed E-state index contributed by atoms with van der Waals surface area (Å²) < 4.78 is 24.3. The van der Waals surface area contributed by atoms with Gasteiger partial charge in [0.15, 0.2) is 0 Å². The fraction of sp³-hybridized carbons (Fsp3) is 0.333. The van der Waals surface area contributed by atoms with Crippen LogP contribution in [0.5, 0.6) is 11.5 Å². The summed E-state index contributed by atoms with van der Waals surface area (Å²) >= 11 is 0. The first-order valence-electron chi connectivity index (χ1n) is 9.05. The third-order valence-corrected chi connectivity index (χ3v) is 4.82. The Morgan fingerprint density at radius 2 is 1.57 bits per heavy atom. The van der Waals surface area contributed by atoms with E-state index in [1.165, 1.54) is 19.2 Å². The van der Waals surface area contributed by atoms with Gasteiger partial charge < -0.3 is 19.3 Å². The molecule has 0 unspecified atom stereocenters. The number of ether oxygens (including phenoxy) is 2. The minimum atomic E-state index is -0.610. The molecule has 0 radical (unpaired) electrons. The van der Waals surface area contributed by atoms with Crippen LogP contribution < -0.4 is 9.47 Å². The van der Waals surface area contributed by atoms with Crippen molar-refractivity contribution in [3.05, 3.63) is 59.4 Å². The maximum Gasteiger partial charge on any atom is 0.256 e. The number of amides is 2. The maximum absolute atomic E-state index is 14.1. The zero-order chi connectivity index (χ0) is 20.1. The molecule has 28 heavy (non-hydrogen) atoms. The van der Waals surface area contributed by atoms with Gasteiger partial charge in [0.05, 0.1) is 26.2 Å². The molecule has 0 aromatic heterocycles. The van der Waals surface area contributed by atoms with Gasteiger partial charge >= 0.3 is 0 Å². The Morgan fingerprint density at radius 3 is 2.21 bits per heavy atom. The van der Waals surface area contributed by atoms with Gasteiger partial charge in [-0.15, -0.1) is 0 Å². The zero-order valence-electron chi connectivity index (χ0n) is 16.0. The molecule has 0 N–H and O–H groups in total. The molecule has 3 rings (SSSR count). The van der Waals surface area contributed by atoms with Crippen LogP contribution in [-0.4, -0.2) is 62.0 Å². The summed E-state index contributed by atoms with van der Waals surface area (Å²) in [6.07, 6.45) is 0.276. The molecule has 1 saturated heterocycles. The molecule has 2 aromatic rings. The smallest absolute Gasteiger partial charge is 0.256 e. The molecule has 2 aromatic carbocycles. The number of piperazine rings is 1. The second kappa shape index (κ2) is 8.73. The van der Waals surface area contributed by atoms with E-state index < -0.39 is 5.82 Å². The topological polar surface area (TPSA) is 59.1 Å². The third-order valence-electron chi connectivity index (χ3n) is 4.82. The van der Waals surface area contributed by atoms with E-state index in [9.17, 15) is 14.0 Å². The SMILES string of the molecule is COc1cccc(CC(=O)N2CCN(C(=O)c3ccc(OC)cc3F)CC2)c1. The first kappa shape index (κ1) is 19.7. The summed E-state index contributed by atoms with van der Waals surface area (Å²) in [6.45, 7) is 1.58. The fourth-order valence-corrected chi connectivity index (χ4v) is 3.19. The highest BCUT2D eigenvalue weighted by Crippen LogP contribution is 2.19. The average molecular weight is 386 g/mol. The molecule has 0 aliphatic carbocycles. The van der Waals surface area contributed by atoms with Gasteiger partial charge in [-0.05, 0) is 29.8 Å². The van der Waals surface area contributed by atoms with Crippen molar-refractivity contribution in [2.75, 3.05) is 40.4 Å². The molecular weight excluding hydrogens is 363 g/mol. The quantitative estimate of drug-likeness (QED) is 0.792. The molecule has 1 heterocycles. The van der Waals surface area contributed by atoms with E-state index in [2.05, 4.69) is 0 Å². The van der Waals surface area contributed by atoms with Crippen molar-refractivity contribution in [3.63, 3.8) is 0 Å². The van der Waals surface area contributed by atoms with Crippen LogP contribution in [0.2, 0.25) is 0 Å². The number of hydrogen-bond acceptors (Lipinski definition) is 4. The van der Waals surface area contributed by atoms with Crippen LogP contribution in [-0.2, 0) is 11.2 Å². The van der Waals surface area contributed by atoms with Crippen LogP contribution in [0.15, 0.2) is 42.5 Å². The minimum Gasteiger partial charge on any atom is -0.497 e. The highest BCUT2D eigenvalue weighted by Gasteiger charge is 2.26. The number of methoxy groups -OCH3 is 2. The van der Waals surface area contributed by atoms with E-state index >= 15 is 0 Å². The fourth-order valence-electron chi connectivity index (χ4n) is 3.19. The summed E-state index contributed by atoms with van der Waals surface area (Å²) in [5, 5.41) is 0. The molecular formula is C21H23FN2O4. The van der Waals surface area contributed by atoms with E-state index in [1.807, 2.05) is 24.3 Å². The van der Waals surface area contributed by atoms with Gasteiger partial charge in [0, 0.05) is 32.2 Å². The second-order valence-corrected chi connectivity index (χ2v) is 6.55. The Balaban J connectivity index is 1.57. The van der Waals surface area contributed by atoms with Gasteiger partial charge in [-0.1, -0.05) is 12.1 Å². The van der Waals surface area contributed by atoms with E-state index in [0.717, 1.165) is 5.56 Å². The molecule has 0 saturated carbocycles. The van der Waals surface area contributed by atoms with E-state index in [-0.39, 0.29) is 23.8 Å². The van der Waals surface area contributed by atoms with Gasteiger partial charge in [0.2, 0.25) is 5.91 Å². The Kier molecular flexibility index (Phi) is 6.13. The van der Waals surface area contributed by atoms with Crippen LogP contribution in [0, 0.1) is 5.82 Å². The normalized spacial score (nSPS) is 14.0. The van der Waals surface area contributed by atoms with Gasteiger partial charge in [-0.2, -0.15) is 0 Å². The Labute approximate surface area is 163 Å². The summed E-state index contributed by atoms with van der Waals surface area (Å²) in [5.74, 6) is 0.0844. The number of rotatable bonds is 5. The van der Waals surface area contributed by atoms with E-state index in [4.69, 9.17) is 9.47 Å². The lowest BCUT2D eigenvalue weighted by molar-refractivity contribution is -0.131. The van der Waals surface area contributed by atoms with Gasteiger partial charge in [-0.25, -0.2) is 4.39 Å². The largest absolute Gasteiger partial charge is 0.497 e. The zero-order valence-corrected chi connectivity index (χ0v) is 16.0. The molecule has 0 bridgehead atoms.